The maximum absolute atomic E-state index is 6.07. The second-order valence-corrected chi connectivity index (χ2v) is 5.22. The van der Waals surface area contributed by atoms with E-state index < -0.39 is 0 Å². The molecule has 0 radical (unpaired) electrons. The van der Waals surface area contributed by atoms with Crippen molar-refractivity contribution in [1.82, 2.24) is 9.80 Å². The molecule has 4 heteroatoms. The highest BCUT2D eigenvalue weighted by molar-refractivity contribution is 4.97. The van der Waals surface area contributed by atoms with Gasteiger partial charge in [0.05, 0.1) is 6.61 Å². The fourth-order valence-electron chi connectivity index (χ4n) is 3.11. The Morgan fingerprint density at radius 1 is 1.19 bits per heavy atom. The first-order valence-electron chi connectivity index (χ1n) is 6.48. The molecule has 2 rings (SSSR count). The van der Waals surface area contributed by atoms with E-state index in [1.807, 2.05) is 0 Å². The predicted octanol–water partition coefficient (Wildman–Crippen LogP) is 0.132. The zero-order valence-corrected chi connectivity index (χ0v) is 10.5. The number of hydrogen-bond donors (Lipinski definition) is 1. The van der Waals surface area contributed by atoms with E-state index in [2.05, 4.69) is 16.8 Å². The molecule has 0 aliphatic carbocycles. The molecule has 4 nitrogen and oxygen atoms in total. The third-order valence-corrected chi connectivity index (χ3v) is 4.02. The maximum atomic E-state index is 6.07. The Kier molecular flexibility index (Phi) is 4.19. The van der Waals surface area contributed by atoms with Crippen LogP contribution in [0, 0.1) is 0 Å². The molecule has 94 valence electrons. The minimum Gasteiger partial charge on any atom is -0.380 e. The first-order chi connectivity index (χ1) is 7.77. The zero-order valence-electron chi connectivity index (χ0n) is 10.5. The van der Waals surface area contributed by atoms with Crippen LogP contribution in [0.3, 0.4) is 0 Å². The highest BCUT2D eigenvalue weighted by atomic mass is 16.5. The average molecular weight is 227 g/mol. The molecule has 0 aromatic heterocycles. The second kappa shape index (κ2) is 5.45. The lowest BCUT2D eigenvalue weighted by Crippen LogP contribution is -2.62. The summed E-state index contributed by atoms with van der Waals surface area (Å²) in [5, 5.41) is 0. The second-order valence-electron chi connectivity index (χ2n) is 5.22. The van der Waals surface area contributed by atoms with Gasteiger partial charge in [-0.25, -0.2) is 0 Å². The van der Waals surface area contributed by atoms with Crippen molar-refractivity contribution >= 4 is 0 Å². The lowest BCUT2D eigenvalue weighted by atomic mass is 9.87. The van der Waals surface area contributed by atoms with Gasteiger partial charge in [0.2, 0.25) is 0 Å². The van der Waals surface area contributed by atoms with Crippen molar-refractivity contribution < 1.29 is 4.74 Å². The van der Waals surface area contributed by atoms with Crippen LogP contribution in [0.2, 0.25) is 0 Å². The summed E-state index contributed by atoms with van der Waals surface area (Å²) in [5.41, 5.74) is 6.28. The van der Waals surface area contributed by atoms with Crippen molar-refractivity contribution in [3.63, 3.8) is 0 Å². The molecule has 2 aliphatic heterocycles. The van der Waals surface area contributed by atoms with E-state index in [-0.39, 0.29) is 5.54 Å². The molecule has 2 fully saturated rings. The van der Waals surface area contributed by atoms with Gasteiger partial charge < -0.3 is 15.4 Å². The number of nitrogens with two attached hydrogens (primary N) is 1. The lowest BCUT2D eigenvalue weighted by Gasteiger charge is -2.48. The van der Waals surface area contributed by atoms with Gasteiger partial charge in [-0.15, -0.1) is 0 Å². The van der Waals surface area contributed by atoms with Gasteiger partial charge in [0.25, 0.3) is 0 Å². The molecular weight excluding hydrogens is 202 g/mol. The first-order valence-corrected chi connectivity index (χ1v) is 6.48. The lowest BCUT2D eigenvalue weighted by molar-refractivity contribution is 0.0235. The van der Waals surface area contributed by atoms with Gasteiger partial charge in [-0.05, 0) is 32.9 Å². The van der Waals surface area contributed by atoms with Crippen LogP contribution in [-0.4, -0.2) is 68.3 Å². The Hall–Kier alpha value is -0.160. The first kappa shape index (κ1) is 12.3. The zero-order chi connectivity index (χ0) is 11.4. The summed E-state index contributed by atoms with van der Waals surface area (Å²) >= 11 is 0. The number of piperidine rings is 1. The quantitative estimate of drug-likeness (QED) is 0.728. The van der Waals surface area contributed by atoms with Crippen LogP contribution in [0.4, 0.5) is 0 Å². The van der Waals surface area contributed by atoms with E-state index in [1.165, 1.54) is 19.4 Å². The molecule has 2 N–H and O–H groups in total. The maximum Gasteiger partial charge on any atom is 0.0593 e. The average Bonchev–Trinajstić information content (AvgIpc) is 2.57. The summed E-state index contributed by atoms with van der Waals surface area (Å²) in [5.74, 6) is 0. The molecular formula is C12H25N3O. The standard InChI is InChI=1S/C12H25N3O/c1-14-5-2-4-12(10-13,11-14)15-6-3-8-16-9-7-15/h2-11,13H2,1H3. The van der Waals surface area contributed by atoms with Gasteiger partial charge in [-0.2, -0.15) is 0 Å². The minimum absolute atomic E-state index is 0.209. The summed E-state index contributed by atoms with van der Waals surface area (Å²) in [4.78, 5) is 5.00. The van der Waals surface area contributed by atoms with Gasteiger partial charge >= 0.3 is 0 Å². The summed E-state index contributed by atoms with van der Waals surface area (Å²) < 4.78 is 5.54. The van der Waals surface area contributed by atoms with Crippen molar-refractivity contribution in [2.75, 3.05) is 53.0 Å². The van der Waals surface area contributed by atoms with E-state index in [1.54, 1.807) is 0 Å². The number of ether oxygens (including phenoxy) is 1. The van der Waals surface area contributed by atoms with Crippen molar-refractivity contribution in [3.05, 3.63) is 0 Å². The third-order valence-electron chi connectivity index (χ3n) is 4.02. The van der Waals surface area contributed by atoms with Crippen LogP contribution < -0.4 is 5.73 Å². The number of nitrogens with zero attached hydrogens (tertiary/aromatic N) is 2. The van der Waals surface area contributed by atoms with Crippen LogP contribution in [0.15, 0.2) is 0 Å². The third kappa shape index (κ3) is 2.56. The molecule has 1 unspecified atom stereocenters. The van der Waals surface area contributed by atoms with Crippen LogP contribution in [0.25, 0.3) is 0 Å². The molecule has 2 heterocycles. The van der Waals surface area contributed by atoms with Crippen LogP contribution >= 0.6 is 0 Å². The number of likely N-dealkylation sites (tertiary alicyclic amines) is 1. The van der Waals surface area contributed by atoms with E-state index in [0.717, 1.165) is 45.8 Å². The SMILES string of the molecule is CN1CCCC(CN)(N2CCCOCC2)C1. The smallest absolute Gasteiger partial charge is 0.0593 e. The van der Waals surface area contributed by atoms with Gasteiger partial charge in [-0.1, -0.05) is 0 Å². The van der Waals surface area contributed by atoms with E-state index in [4.69, 9.17) is 10.5 Å². The van der Waals surface area contributed by atoms with Gasteiger partial charge in [0.15, 0.2) is 0 Å². The molecule has 0 bridgehead atoms. The highest BCUT2D eigenvalue weighted by Crippen LogP contribution is 2.27. The molecule has 0 aromatic carbocycles. The molecule has 16 heavy (non-hydrogen) atoms. The number of hydrogen-bond acceptors (Lipinski definition) is 4. The van der Waals surface area contributed by atoms with E-state index in [9.17, 15) is 0 Å². The molecule has 1 atom stereocenters. The van der Waals surface area contributed by atoms with E-state index in [0.29, 0.717) is 0 Å². The molecule has 2 aliphatic rings. The Morgan fingerprint density at radius 2 is 2.06 bits per heavy atom. The van der Waals surface area contributed by atoms with Gasteiger partial charge in [0, 0.05) is 38.3 Å². The number of likely N-dealkylation sites (N-methyl/N-ethyl adjacent to an activating group) is 1. The highest BCUT2D eigenvalue weighted by Gasteiger charge is 2.38. The van der Waals surface area contributed by atoms with Gasteiger partial charge in [-0.3, -0.25) is 4.90 Å². The molecule has 0 amide bonds. The predicted molar refractivity (Wildman–Crippen MR) is 65.5 cm³/mol. The topological polar surface area (TPSA) is 41.7 Å². The van der Waals surface area contributed by atoms with Crippen molar-refractivity contribution in [3.8, 4) is 0 Å². The molecule has 0 saturated carbocycles. The molecule has 2 saturated heterocycles. The normalized spacial score (nSPS) is 34.9. The van der Waals surface area contributed by atoms with Crippen LogP contribution in [0.1, 0.15) is 19.3 Å². The molecule has 0 spiro atoms. The van der Waals surface area contributed by atoms with E-state index >= 15 is 0 Å². The fourth-order valence-corrected chi connectivity index (χ4v) is 3.11. The Bertz CT molecular complexity index is 216. The van der Waals surface area contributed by atoms with Crippen LogP contribution in [0.5, 0.6) is 0 Å². The molecule has 0 aromatic rings. The Balaban J connectivity index is 2.05. The largest absolute Gasteiger partial charge is 0.380 e. The summed E-state index contributed by atoms with van der Waals surface area (Å²) in [7, 11) is 2.21. The summed E-state index contributed by atoms with van der Waals surface area (Å²) in [6.45, 7) is 7.07. The Morgan fingerprint density at radius 3 is 2.81 bits per heavy atom. The van der Waals surface area contributed by atoms with Crippen LogP contribution in [-0.2, 0) is 4.74 Å². The van der Waals surface area contributed by atoms with Gasteiger partial charge in [0.1, 0.15) is 0 Å². The fraction of sp³-hybridized carbons (Fsp3) is 1.00. The number of rotatable bonds is 2. The van der Waals surface area contributed by atoms with Crippen molar-refractivity contribution in [1.29, 1.82) is 0 Å². The summed E-state index contributed by atoms with van der Waals surface area (Å²) in [6.07, 6.45) is 3.66. The minimum atomic E-state index is 0.209. The summed E-state index contributed by atoms with van der Waals surface area (Å²) in [6, 6.07) is 0. The van der Waals surface area contributed by atoms with Crippen molar-refractivity contribution in [2.24, 2.45) is 5.73 Å². The van der Waals surface area contributed by atoms with Crippen molar-refractivity contribution in [2.45, 2.75) is 24.8 Å². The Labute approximate surface area is 98.7 Å². The monoisotopic (exact) mass is 227 g/mol.